The maximum Gasteiger partial charge on any atom is 0.241 e. The number of nitrogens with zero attached hydrogens (tertiary/aromatic N) is 1. The molecule has 0 fully saturated rings. The lowest BCUT2D eigenvalue weighted by atomic mass is 10.2. The van der Waals surface area contributed by atoms with E-state index in [-0.39, 0.29) is 0 Å². The molecule has 0 saturated carbocycles. The van der Waals surface area contributed by atoms with Gasteiger partial charge in [-0.05, 0) is 26.0 Å². The van der Waals surface area contributed by atoms with E-state index in [2.05, 4.69) is 10.3 Å². The van der Waals surface area contributed by atoms with Crippen molar-refractivity contribution < 1.29 is 13.2 Å². The molecule has 5 nitrogen and oxygen atoms in total. The first-order valence-electron chi connectivity index (χ1n) is 6.51. The van der Waals surface area contributed by atoms with Gasteiger partial charge in [-0.1, -0.05) is 23.7 Å². The summed E-state index contributed by atoms with van der Waals surface area (Å²) in [6.07, 6.45) is 0. The van der Waals surface area contributed by atoms with Crippen molar-refractivity contribution in [1.29, 1.82) is 0 Å². The van der Waals surface area contributed by atoms with Crippen LogP contribution in [0.3, 0.4) is 0 Å². The topological polar surface area (TPSA) is 76.1 Å². The summed E-state index contributed by atoms with van der Waals surface area (Å²) in [6, 6.07) is 7.16. The summed E-state index contributed by atoms with van der Waals surface area (Å²) in [4.78, 5) is 16.1. The average molecular weight is 359 g/mol. The van der Waals surface area contributed by atoms with Crippen LogP contribution in [0.1, 0.15) is 13.8 Å². The molecule has 0 saturated heterocycles. The first-order chi connectivity index (χ1) is 10.3. The Labute approximate surface area is 138 Å². The van der Waals surface area contributed by atoms with E-state index < -0.39 is 26.7 Å². The van der Waals surface area contributed by atoms with Crippen LogP contribution in [0, 0.1) is 0 Å². The third-order valence-corrected chi connectivity index (χ3v) is 6.05. The molecule has 2 aromatic rings. The highest BCUT2D eigenvalue weighted by atomic mass is 35.5. The highest BCUT2D eigenvalue weighted by molar-refractivity contribution is 7.92. The van der Waals surface area contributed by atoms with E-state index in [1.54, 1.807) is 31.4 Å². The molecule has 0 aliphatic carbocycles. The third kappa shape index (κ3) is 4.28. The second-order valence-electron chi connectivity index (χ2n) is 4.95. The lowest BCUT2D eigenvalue weighted by Gasteiger charge is -2.06. The SMILES string of the molecule is CC(C)S(=O)(=O)CC(=O)Nc1nc(-c2ccc(Cl)cc2)cs1. The summed E-state index contributed by atoms with van der Waals surface area (Å²) >= 11 is 7.07. The maximum absolute atomic E-state index is 11.8. The second-order valence-corrected chi connectivity index (χ2v) is 8.80. The molecule has 0 aliphatic heterocycles. The Morgan fingerprint density at radius 1 is 1.32 bits per heavy atom. The minimum absolute atomic E-state index is 0.369. The first-order valence-corrected chi connectivity index (χ1v) is 9.48. The van der Waals surface area contributed by atoms with Gasteiger partial charge in [0, 0.05) is 16.0 Å². The van der Waals surface area contributed by atoms with Gasteiger partial charge in [0.05, 0.1) is 10.9 Å². The van der Waals surface area contributed by atoms with Crippen LogP contribution in [0.2, 0.25) is 5.02 Å². The summed E-state index contributed by atoms with van der Waals surface area (Å²) in [6.45, 7) is 3.09. The van der Waals surface area contributed by atoms with Crippen LogP contribution in [0.4, 0.5) is 5.13 Å². The smallest absolute Gasteiger partial charge is 0.241 e. The monoisotopic (exact) mass is 358 g/mol. The number of carbonyl (C=O) groups is 1. The highest BCUT2D eigenvalue weighted by Gasteiger charge is 2.21. The molecule has 1 amide bonds. The molecule has 22 heavy (non-hydrogen) atoms. The van der Waals surface area contributed by atoms with Crippen LogP contribution < -0.4 is 5.32 Å². The van der Waals surface area contributed by atoms with E-state index >= 15 is 0 Å². The van der Waals surface area contributed by atoms with E-state index in [0.717, 1.165) is 5.56 Å². The lowest BCUT2D eigenvalue weighted by molar-refractivity contribution is -0.113. The van der Waals surface area contributed by atoms with Gasteiger partial charge in [0.25, 0.3) is 0 Å². The number of rotatable bonds is 5. The van der Waals surface area contributed by atoms with Crippen molar-refractivity contribution in [2.45, 2.75) is 19.1 Å². The predicted molar refractivity (Wildman–Crippen MR) is 90.1 cm³/mol. The van der Waals surface area contributed by atoms with Crippen LogP contribution in [-0.4, -0.2) is 30.3 Å². The van der Waals surface area contributed by atoms with E-state index in [0.29, 0.717) is 15.8 Å². The van der Waals surface area contributed by atoms with Crippen molar-refractivity contribution in [3.8, 4) is 11.3 Å². The van der Waals surface area contributed by atoms with Gasteiger partial charge in [0.1, 0.15) is 5.75 Å². The molecule has 0 spiro atoms. The fraction of sp³-hybridized carbons (Fsp3) is 0.286. The molecule has 0 atom stereocenters. The first kappa shape index (κ1) is 16.9. The molecule has 0 radical (unpaired) electrons. The Morgan fingerprint density at radius 2 is 1.95 bits per heavy atom. The van der Waals surface area contributed by atoms with Crippen molar-refractivity contribution in [3.63, 3.8) is 0 Å². The molecule has 1 N–H and O–H groups in total. The number of aromatic nitrogens is 1. The third-order valence-electron chi connectivity index (χ3n) is 2.94. The zero-order valence-electron chi connectivity index (χ0n) is 12.0. The average Bonchev–Trinajstić information content (AvgIpc) is 2.87. The molecule has 1 aromatic carbocycles. The van der Waals surface area contributed by atoms with Crippen molar-refractivity contribution >= 4 is 43.8 Å². The lowest BCUT2D eigenvalue weighted by Crippen LogP contribution is -2.27. The molecule has 1 heterocycles. The number of hydrogen-bond donors (Lipinski definition) is 1. The summed E-state index contributed by atoms with van der Waals surface area (Å²) in [5, 5.41) is 4.72. The maximum atomic E-state index is 11.8. The molecule has 0 bridgehead atoms. The quantitative estimate of drug-likeness (QED) is 0.890. The molecule has 0 unspecified atom stereocenters. The van der Waals surface area contributed by atoms with Gasteiger partial charge in [0.15, 0.2) is 15.0 Å². The van der Waals surface area contributed by atoms with E-state index in [1.165, 1.54) is 11.3 Å². The van der Waals surface area contributed by atoms with Crippen molar-refractivity contribution in [2.24, 2.45) is 0 Å². The Kier molecular flexibility index (Phi) is 5.20. The van der Waals surface area contributed by atoms with E-state index in [4.69, 9.17) is 11.6 Å². The Balaban J connectivity index is 2.06. The zero-order valence-corrected chi connectivity index (χ0v) is 14.4. The van der Waals surface area contributed by atoms with Crippen LogP contribution in [-0.2, 0) is 14.6 Å². The summed E-state index contributed by atoms with van der Waals surface area (Å²) < 4.78 is 23.4. The van der Waals surface area contributed by atoms with Crippen LogP contribution in [0.25, 0.3) is 11.3 Å². The number of sulfone groups is 1. The molecule has 2 rings (SSSR count). The number of nitrogens with one attached hydrogen (secondary N) is 1. The Bertz CT molecular complexity index is 768. The van der Waals surface area contributed by atoms with Gasteiger partial charge < -0.3 is 5.32 Å². The van der Waals surface area contributed by atoms with Gasteiger partial charge in [-0.2, -0.15) is 0 Å². The molecule has 8 heteroatoms. The van der Waals surface area contributed by atoms with E-state index in [1.807, 2.05) is 12.1 Å². The van der Waals surface area contributed by atoms with Crippen molar-refractivity contribution in [2.75, 3.05) is 11.1 Å². The minimum atomic E-state index is -3.42. The van der Waals surface area contributed by atoms with Gasteiger partial charge in [-0.3, -0.25) is 4.79 Å². The number of thiazole rings is 1. The Morgan fingerprint density at radius 3 is 2.55 bits per heavy atom. The number of benzene rings is 1. The summed E-state index contributed by atoms with van der Waals surface area (Å²) in [7, 11) is -3.42. The number of amides is 1. The minimum Gasteiger partial charge on any atom is -0.301 e. The van der Waals surface area contributed by atoms with Gasteiger partial charge in [0.2, 0.25) is 5.91 Å². The number of halogens is 1. The molecular formula is C14H15ClN2O3S2. The number of anilines is 1. The fourth-order valence-electron chi connectivity index (χ4n) is 1.59. The van der Waals surface area contributed by atoms with E-state index in [9.17, 15) is 13.2 Å². The van der Waals surface area contributed by atoms with Crippen molar-refractivity contribution in [3.05, 3.63) is 34.7 Å². The summed E-state index contributed by atoms with van der Waals surface area (Å²) in [5.41, 5.74) is 1.57. The zero-order chi connectivity index (χ0) is 16.3. The van der Waals surface area contributed by atoms with Gasteiger partial charge in [-0.15, -0.1) is 11.3 Å². The predicted octanol–water partition coefficient (Wildman–Crippen LogP) is 3.23. The van der Waals surface area contributed by atoms with Crippen LogP contribution >= 0.6 is 22.9 Å². The molecule has 118 valence electrons. The van der Waals surface area contributed by atoms with Gasteiger partial charge in [-0.25, -0.2) is 13.4 Å². The summed E-state index contributed by atoms with van der Waals surface area (Å²) in [5.74, 6) is -1.12. The number of carbonyl (C=O) groups excluding carboxylic acids is 1. The Hall–Kier alpha value is -1.44. The highest BCUT2D eigenvalue weighted by Crippen LogP contribution is 2.26. The standard InChI is InChI=1S/C14H15ClN2O3S2/c1-9(2)22(19,20)8-13(18)17-14-16-12(7-21-14)10-3-5-11(15)6-4-10/h3-7,9H,8H2,1-2H3,(H,16,17,18). The van der Waals surface area contributed by atoms with Gasteiger partial charge >= 0.3 is 0 Å². The normalized spacial score (nSPS) is 11.6. The molecule has 0 aliphatic rings. The second kappa shape index (κ2) is 6.76. The van der Waals surface area contributed by atoms with Crippen molar-refractivity contribution in [1.82, 2.24) is 4.98 Å². The van der Waals surface area contributed by atoms with Crippen LogP contribution in [0.5, 0.6) is 0 Å². The van der Waals surface area contributed by atoms with Crippen LogP contribution in [0.15, 0.2) is 29.6 Å². The largest absolute Gasteiger partial charge is 0.301 e. The number of hydrogen-bond acceptors (Lipinski definition) is 5. The molecular weight excluding hydrogens is 344 g/mol. The fourth-order valence-corrected chi connectivity index (χ4v) is 3.22. The molecule has 1 aromatic heterocycles.